The average Bonchev–Trinajstić information content (AvgIpc) is 3.40. The van der Waals surface area contributed by atoms with Gasteiger partial charge in [0.15, 0.2) is 0 Å². The molecule has 0 fully saturated rings. The lowest BCUT2D eigenvalue weighted by molar-refractivity contribution is -0.114. The molecular formula is C29H28N4O3S. The van der Waals surface area contributed by atoms with Crippen molar-refractivity contribution in [3.05, 3.63) is 105 Å². The third kappa shape index (κ3) is 5.63. The molecule has 7 nitrogen and oxygen atoms in total. The van der Waals surface area contributed by atoms with E-state index in [4.69, 9.17) is 4.42 Å². The number of nitriles is 1. The van der Waals surface area contributed by atoms with Crippen LogP contribution in [0.3, 0.4) is 0 Å². The minimum Gasteiger partial charge on any atom is -0.468 e. The van der Waals surface area contributed by atoms with Gasteiger partial charge in [-0.15, -0.1) is 0 Å². The highest BCUT2D eigenvalue weighted by molar-refractivity contribution is 8.03. The monoisotopic (exact) mass is 512 g/mol. The quantitative estimate of drug-likeness (QED) is 0.363. The van der Waals surface area contributed by atoms with Gasteiger partial charge in [-0.05, 0) is 62.6 Å². The van der Waals surface area contributed by atoms with E-state index in [0.717, 1.165) is 28.1 Å². The topological polar surface area (TPSA) is 107 Å². The van der Waals surface area contributed by atoms with Crippen LogP contribution in [-0.4, -0.2) is 17.6 Å². The van der Waals surface area contributed by atoms with Crippen molar-refractivity contribution >= 4 is 35.0 Å². The predicted molar refractivity (Wildman–Crippen MR) is 147 cm³/mol. The fourth-order valence-corrected chi connectivity index (χ4v) is 5.19. The largest absolute Gasteiger partial charge is 0.468 e. The summed E-state index contributed by atoms with van der Waals surface area (Å²) in [7, 11) is 0. The number of para-hydroxylation sites is 2. The third-order valence-corrected chi connectivity index (χ3v) is 7.22. The first-order valence-corrected chi connectivity index (χ1v) is 12.8. The highest BCUT2D eigenvalue weighted by atomic mass is 32.2. The highest BCUT2D eigenvalue weighted by Gasteiger charge is 2.36. The van der Waals surface area contributed by atoms with Crippen LogP contribution in [0, 0.1) is 32.1 Å². The summed E-state index contributed by atoms with van der Waals surface area (Å²) in [6, 6.07) is 19.1. The molecule has 3 aromatic rings. The van der Waals surface area contributed by atoms with Gasteiger partial charge in [0.05, 0.1) is 40.2 Å². The van der Waals surface area contributed by atoms with Crippen LogP contribution in [0.1, 0.15) is 35.3 Å². The maximum atomic E-state index is 13.6. The molecule has 3 N–H and O–H groups in total. The number of aryl methyl sites for hydroxylation is 3. The van der Waals surface area contributed by atoms with Gasteiger partial charge < -0.3 is 20.4 Å². The number of rotatable bonds is 7. The molecule has 0 saturated carbocycles. The Kier molecular flexibility index (Phi) is 7.85. The SMILES string of the molecule is CC1=C(C(=O)Nc2c(C)cccc2C)[C@@H](c2ccco2)C(C#N)=C(SCC(=O)Nc2ccccc2C)N1. The van der Waals surface area contributed by atoms with Crippen LogP contribution in [0.15, 0.2) is 87.1 Å². The number of furan rings is 1. The van der Waals surface area contributed by atoms with E-state index in [-0.39, 0.29) is 17.6 Å². The fourth-order valence-electron chi connectivity index (χ4n) is 4.30. The van der Waals surface area contributed by atoms with Gasteiger partial charge in [-0.3, -0.25) is 9.59 Å². The number of nitrogens with one attached hydrogen (secondary N) is 3. The molecule has 0 bridgehead atoms. The van der Waals surface area contributed by atoms with Crippen molar-refractivity contribution in [2.75, 3.05) is 16.4 Å². The van der Waals surface area contributed by atoms with Crippen LogP contribution >= 0.6 is 11.8 Å². The number of hydrogen-bond donors (Lipinski definition) is 3. The van der Waals surface area contributed by atoms with Crippen molar-refractivity contribution in [3.63, 3.8) is 0 Å². The summed E-state index contributed by atoms with van der Waals surface area (Å²) in [5.41, 5.74) is 5.63. The summed E-state index contributed by atoms with van der Waals surface area (Å²) in [6.45, 7) is 7.58. The number of allylic oxidation sites excluding steroid dienone is 2. The summed E-state index contributed by atoms with van der Waals surface area (Å²) in [5.74, 6) is -0.665. The Balaban J connectivity index is 1.61. The lowest BCUT2D eigenvalue weighted by Gasteiger charge is -2.28. The zero-order valence-corrected chi connectivity index (χ0v) is 22.0. The molecular weight excluding hydrogens is 484 g/mol. The van der Waals surface area contributed by atoms with Crippen LogP contribution in [0.2, 0.25) is 0 Å². The molecule has 2 amide bonds. The molecule has 8 heteroatoms. The van der Waals surface area contributed by atoms with E-state index in [9.17, 15) is 14.9 Å². The number of carbonyl (C=O) groups is 2. The molecule has 4 rings (SSSR count). The second-order valence-electron chi connectivity index (χ2n) is 8.84. The average molecular weight is 513 g/mol. The van der Waals surface area contributed by atoms with Crippen molar-refractivity contribution in [1.29, 1.82) is 5.26 Å². The molecule has 1 aliphatic rings. The fraction of sp³-hybridized carbons (Fsp3) is 0.207. The highest BCUT2D eigenvalue weighted by Crippen LogP contribution is 2.41. The van der Waals surface area contributed by atoms with Crippen LogP contribution in [-0.2, 0) is 9.59 Å². The van der Waals surface area contributed by atoms with E-state index in [2.05, 4.69) is 22.0 Å². The Morgan fingerprint density at radius 2 is 1.68 bits per heavy atom. The summed E-state index contributed by atoms with van der Waals surface area (Å²) in [4.78, 5) is 26.3. The van der Waals surface area contributed by atoms with E-state index < -0.39 is 5.92 Å². The predicted octanol–water partition coefficient (Wildman–Crippen LogP) is 5.91. The van der Waals surface area contributed by atoms with Crippen molar-refractivity contribution in [2.45, 2.75) is 33.6 Å². The summed E-state index contributed by atoms with van der Waals surface area (Å²) in [5, 5.41) is 19.8. The Labute approximate surface area is 220 Å². The third-order valence-electron chi connectivity index (χ3n) is 6.21. The maximum Gasteiger partial charge on any atom is 0.254 e. The standard InChI is InChI=1S/C29H28N4O3S/c1-17-9-5-6-12-22(17)32-24(34)16-37-29-21(15-30)26(23-13-8-14-36-23)25(20(4)31-29)28(35)33-27-18(2)10-7-11-19(27)3/h5-14,26,31H,16H2,1-4H3,(H,32,34)(H,33,35)/t26-/m1/s1. The molecule has 1 aromatic heterocycles. The van der Waals surface area contributed by atoms with Crippen LogP contribution in [0.5, 0.6) is 0 Å². The van der Waals surface area contributed by atoms with Gasteiger partial charge in [0.1, 0.15) is 5.76 Å². The molecule has 1 aliphatic heterocycles. The van der Waals surface area contributed by atoms with E-state index in [0.29, 0.717) is 27.6 Å². The van der Waals surface area contributed by atoms with E-state index >= 15 is 0 Å². The minimum absolute atomic E-state index is 0.0872. The number of nitrogens with zero attached hydrogens (tertiary/aromatic N) is 1. The molecule has 1 atom stereocenters. The second kappa shape index (κ2) is 11.2. The summed E-state index contributed by atoms with van der Waals surface area (Å²) in [6.07, 6.45) is 1.52. The first-order chi connectivity index (χ1) is 17.8. The minimum atomic E-state index is -0.715. The normalized spacial score (nSPS) is 15.2. The lowest BCUT2D eigenvalue weighted by Crippen LogP contribution is -2.31. The number of carbonyl (C=O) groups excluding carboxylic acids is 2. The van der Waals surface area contributed by atoms with Gasteiger partial charge in [0.2, 0.25) is 5.91 Å². The van der Waals surface area contributed by atoms with Gasteiger partial charge in [-0.2, -0.15) is 5.26 Å². The van der Waals surface area contributed by atoms with Gasteiger partial charge in [0, 0.05) is 17.1 Å². The number of benzene rings is 2. The van der Waals surface area contributed by atoms with Crippen molar-refractivity contribution in [2.24, 2.45) is 0 Å². The van der Waals surface area contributed by atoms with Crippen molar-refractivity contribution in [3.8, 4) is 6.07 Å². The number of amides is 2. The smallest absolute Gasteiger partial charge is 0.254 e. The Morgan fingerprint density at radius 3 is 2.32 bits per heavy atom. The van der Waals surface area contributed by atoms with Crippen LogP contribution < -0.4 is 16.0 Å². The lowest BCUT2D eigenvalue weighted by atomic mass is 9.85. The van der Waals surface area contributed by atoms with Crippen molar-refractivity contribution in [1.82, 2.24) is 5.32 Å². The molecule has 0 spiro atoms. The number of hydrogen-bond acceptors (Lipinski definition) is 6. The van der Waals surface area contributed by atoms with Crippen LogP contribution in [0.4, 0.5) is 11.4 Å². The molecule has 188 valence electrons. The first kappa shape index (κ1) is 25.9. The maximum absolute atomic E-state index is 13.6. The van der Waals surface area contributed by atoms with Gasteiger partial charge >= 0.3 is 0 Å². The van der Waals surface area contributed by atoms with E-state index in [1.807, 2.05) is 63.2 Å². The Morgan fingerprint density at radius 1 is 0.973 bits per heavy atom. The zero-order valence-electron chi connectivity index (χ0n) is 21.1. The second-order valence-corrected chi connectivity index (χ2v) is 9.83. The van der Waals surface area contributed by atoms with E-state index in [1.165, 1.54) is 18.0 Å². The summed E-state index contributed by atoms with van der Waals surface area (Å²) < 4.78 is 5.68. The molecule has 0 aliphatic carbocycles. The Hall–Kier alpha value is -4.22. The molecule has 0 saturated heterocycles. The summed E-state index contributed by atoms with van der Waals surface area (Å²) >= 11 is 1.22. The molecule has 37 heavy (non-hydrogen) atoms. The first-order valence-electron chi connectivity index (χ1n) is 11.8. The zero-order chi connectivity index (χ0) is 26.5. The van der Waals surface area contributed by atoms with Gasteiger partial charge in [0.25, 0.3) is 5.91 Å². The van der Waals surface area contributed by atoms with Crippen molar-refractivity contribution < 1.29 is 14.0 Å². The van der Waals surface area contributed by atoms with Gasteiger partial charge in [-0.1, -0.05) is 48.2 Å². The van der Waals surface area contributed by atoms with E-state index in [1.54, 1.807) is 19.1 Å². The molecule has 2 aromatic carbocycles. The molecule has 2 heterocycles. The number of dihydropyridines is 1. The number of thioether (sulfide) groups is 1. The Bertz CT molecular complexity index is 1430. The molecule has 0 unspecified atom stereocenters. The number of anilines is 2. The van der Waals surface area contributed by atoms with Gasteiger partial charge in [-0.25, -0.2) is 0 Å². The molecule has 0 radical (unpaired) electrons. The van der Waals surface area contributed by atoms with Crippen LogP contribution in [0.25, 0.3) is 0 Å².